The summed E-state index contributed by atoms with van der Waals surface area (Å²) >= 11 is 5.75. The molecule has 0 saturated heterocycles. The minimum atomic E-state index is -4.60. The number of benzene rings is 3. The summed E-state index contributed by atoms with van der Waals surface area (Å²) in [6, 6.07) is 17.2. The molecule has 0 fully saturated rings. The van der Waals surface area contributed by atoms with Gasteiger partial charge >= 0.3 is 6.18 Å². The first-order valence-corrected chi connectivity index (χ1v) is 8.93. The summed E-state index contributed by atoms with van der Waals surface area (Å²) in [5, 5.41) is 2.72. The fourth-order valence-electron chi connectivity index (χ4n) is 3.02. The lowest BCUT2D eigenvalue weighted by atomic mass is 10.1. The first-order chi connectivity index (χ1) is 13.8. The summed E-state index contributed by atoms with van der Waals surface area (Å²) in [6.45, 7) is 0. The van der Waals surface area contributed by atoms with Crippen molar-refractivity contribution >= 4 is 34.2 Å². The molecule has 1 heterocycles. The predicted molar refractivity (Wildman–Crippen MR) is 106 cm³/mol. The number of halogens is 4. The number of hydrogen-bond acceptors (Lipinski definition) is 2. The van der Waals surface area contributed by atoms with Crippen LogP contribution in [0.3, 0.4) is 0 Å². The summed E-state index contributed by atoms with van der Waals surface area (Å²) < 4.78 is 40.4. The van der Waals surface area contributed by atoms with Crippen LogP contribution in [0.1, 0.15) is 15.9 Å². The van der Waals surface area contributed by atoms with Crippen molar-refractivity contribution in [1.82, 2.24) is 9.97 Å². The molecule has 0 spiro atoms. The first kappa shape index (κ1) is 19.0. The number of fused-ring (bicyclic) bond motifs is 1. The number of para-hydroxylation sites is 2. The van der Waals surface area contributed by atoms with Gasteiger partial charge in [0.1, 0.15) is 11.3 Å². The molecule has 0 aliphatic carbocycles. The third kappa shape index (κ3) is 3.82. The number of anilines is 1. The molecule has 0 bridgehead atoms. The van der Waals surface area contributed by atoms with Gasteiger partial charge in [-0.15, -0.1) is 0 Å². The summed E-state index contributed by atoms with van der Waals surface area (Å²) in [7, 11) is 0. The van der Waals surface area contributed by atoms with Crippen molar-refractivity contribution in [3.63, 3.8) is 0 Å². The van der Waals surface area contributed by atoms with Crippen LogP contribution in [-0.2, 0) is 6.18 Å². The zero-order valence-electron chi connectivity index (χ0n) is 14.7. The van der Waals surface area contributed by atoms with Gasteiger partial charge < -0.3 is 10.3 Å². The summed E-state index contributed by atoms with van der Waals surface area (Å²) in [6.07, 6.45) is -4.60. The second-order valence-electron chi connectivity index (χ2n) is 6.29. The standard InChI is InChI=1S/C21H13ClF3N3O/c22-12-9-10-14(16(11-12)21(23,24)25)19-27-17-8-4-7-15(18(17)28-19)20(29)26-13-5-2-1-3-6-13/h1-11H,(H,26,29)(H,27,28). The Hall–Kier alpha value is -3.32. The van der Waals surface area contributed by atoms with Gasteiger partial charge in [-0.1, -0.05) is 35.9 Å². The van der Waals surface area contributed by atoms with E-state index in [-0.39, 0.29) is 27.5 Å². The largest absolute Gasteiger partial charge is 0.417 e. The molecular formula is C21H13ClF3N3O. The second kappa shape index (κ2) is 7.25. The van der Waals surface area contributed by atoms with Gasteiger partial charge in [0.15, 0.2) is 0 Å². The quantitative estimate of drug-likeness (QED) is 0.421. The zero-order valence-corrected chi connectivity index (χ0v) is 15.5. The molecule has 0 aliphatic heterocycles. The van der Waals surface area contributed by atoms with Crippen LogP contribution in [-0.4, -0.2) is 15.9 Å². The number of carbonyl (C=O) groups is 1. The van der Waals surface area contributed by atoms with E-state index in [1.54, 1.807) is 42.5 Å². The van der Waals surface area contributed by atoms with Gasteiger partial charge in [0, 0.05) is 16.3 Å². The second-order valence-corrected chi connectivity index (χ2v) is 6.73. The van der Waals surface area contributed by atoms with Crippen LogP contribution < -0.4 is 5.32 Å². The van der Waals surface area contributed by atoms with Crippen LogP contribution >= 0.6 is 11.6 Å². The molecule has 0 atom stereocenters. The average Bonchev–Trinajstić information content (AvgIpc) is 3.12. The topological polar surface area (TPSA) is 57.8 Å². The van der Waals surface area contributed by atoms with Crippen molar-refractivity contribution in [2.75, 3.05) is 5.32 Å². The van der Waals surface area contributed by atoms with Gasteiger partial charge in [-0.05, 0) is 42.5 Å². The highest BCUT2D eigenvalue weighted by Gasteiger charge is 2.34. The molecule has 1 aromatic heterocycles. The number of imidazole rings is 1. The maximum Gasteiger partial charge on any atom is 0.417 e. The van der Waals surface area contributed by atoms with Gasteiger partial charge in [0.25, 0.3) is 5.91 Å². The fraction of sp³-hybridized carbons (Fsp3) is 0.0476. The molecule has 4 nitrogen and oxygen atoms in total. The smallest absolute Gasteiger partial charge is 0.338 e. The van der Waals surface area contributed by atoms with E-state index >= 15 is 0 Å². The van der Waals surface area contributed by atoms with E-state index in [9.17, 15) is 18.0 Å². The van der Waals surface area contributed by atoms with Gasteiger partial charge in [-0.3, -0.25) is 4.79 Å². The molecule has 0 unspecified atom stereocenters. The zero-order chi connectivity index (χ0) is 20.6. The number of nitrogens with zero attached hydrogens (tertiary/aromatic N) is 1. The SMILES string of the molecule is O=C(Nc1ccccc1)c1cccc2[nH]c(-c3ccc(Cl)cc3C(F)(F)F)nc12. The predicted octanol–water partition coefficient (Wildman–Crippen LogP) is 6.15. The van der Waals surface area contributed by atoms with E-state index in [1.165, 1.54) is 12.1 Å². The molecule has 2 N–H and O–H groups in total. The van der Waals surface area contributed by atoms with E-state index in [4.69, 9.17) is 11.6 Å². The van der Waals surface area contributed by atoms with Gasteiger partial charge in [0.05, 0.1) is 16.6 Å². The fourth-order valence-corrected chi connectivity index (χ4v) is 3.19. The molecule has 29 heavy (non-hydrogen) atoms. The number of H-pyrrole nitrogens is 1. The number of rotatable bonds is 3. The Labute approximate surface area is 168 Å². The molecular weight excluding hydrogens is 403 g/mol. The van der Waals surface area contributed by atoms with Crippen LogP contribution in [0.15, 0.2) is 66.7 Å². The van der Waals surface area contributed by atoms with E-state index in [0.717, 1.165) is 6.07 Å². The maximum absolute atomic E-state index is 13.5. The van der Waals surface area contributed by atoms with Crippen LogP contribution in [0.25, 0.3) is 22.4 Å². The van der Waals surface area contributed by atoms with E-state index in [2.05, 4.69) is 15.3 Å². The molecule has 8 heteroatoms. The summed E-state index contributed by atoms with van der Waals surface area (Å²) in [4.78, 5) is 19.8. The van der Waals surface area contributed by atoms with Gasteiger partial charge in [-0.25, -0.2) is 4.98 Å². The van der Waals surface area contributed by atoms with Crippen molar-refractivity contribution in [1.29, 1.82) is 0 Å². The highest BCUT2D eigenvalue weighted by molar-refractivity contribution is 6.30. The molecule has 0 aliphatic rings. The lowest BCUT2D eigenvalue weighted by molar-refractivity contribution is -0.137. The lowest BCUT2D eigenvalue weighted by Crippen LogP contribution is -2.12. The summed E-state index contributed by atoms with van der Waals surface area (Å²) in [5.74, 6) is -0.407. The van der Waals surface area contributed by atoms with Crippen molar-refractivity contribution in [3.05, 3.63) is 82.9 Å². The number of aromatic nitrogens is 2. The number of carbonyl (C=O) groups excluding carboxylic acids is 1. The molecule has 4 aromatic rings. The molecule has 3 aromatic carbocycles. The van der Waals surface area contributed by atoms with E-state index in [0.29, 0.717) is 11.2 Å². The van der Waals surface area contributed by atoms with Crippen LogP contribution in [0.2, 0.25) is 5.02 Å². The molecule has 0 saturated carbocycles. The highest BCUT2D eigenvalue weighted by atomic mass is 35.5. The highest BCUT2D eigenvalue weighted by Crippen LogP contribution is 2.38. The third-order valence-corrected chi connectivity index (χ3v) is 4.57. The Bertz CT molecular complexity index is 1200. The molecule has 146 valence electrons. The maximum atomic E-state index is 13.5. The van der Waals surface area contributed by atoms with E-state index in [1.807, 2.05) is 6.07 Å². The van der Waals surface area contributed by atoms with Gasteiger partial charge in [0.2, 0.25) is 0 Å². The van der Waals surface area contributed by atoms with Crippen molar-refractivity contribution in [2.24, 2.45) is 0 Å². The van der Waals surface area contributed by atoms with E-state index < -0.39 is 17.6 Å². The Morgan fingerprint density at radius 3 is 2.48 bits per heavy atom. The first-order valence-electron chi connectivity index (χ1n) is 8.55. The number of hydrogen-bond donors (Lipinski definition) is 2. The lowest BCUT2D eigenvalue weighted by Gasteiger charge is -2.11. The Morgan fingerprint density at radius 2 is 1.76 bits per heavy atom. The third-order valence-electron chi connectivity index (χ3n) is 4.33. The van der Waals surface area contributed by atoms with Crippen LogP contribution in [0.5, 0.6) is 0 Å². The van der Waals surface area contributed by atoms with Crippen molar-refractivity contribution in [3.8, 4) is 11.4 Å². The molecule has 1 amide bonds. The normalized spacial score (nSPS) is 11.6. The number of aromatic amines is 1. The number of alkyl halides is 3. The minimum absolute atomic E-state index is 0.00366. The average molecular weight is 416 g/mol. The van der Waals surface area contributed by atoms with Crippen LogP contribution in [0.4, 0.5) is 18.9 Å². The minimum Gasteiger partial charge on any atom is -0.338 e. The number of nitrogens with one attached hydrogen (secondary N) is 2. The number of amides is 1. The molecule has 0 radical (unpaired) electrons. The van der Waals surface area contributed by atoms with Crippen molar-refractivity contribution in [2.45, 2.75) is 6.18 Å². The van der Waals surface area contributed by atoms with Gasteiger partial charge in [-0.2, -0.15) is 13.2 Å². The Kier molecular flexibility index (Phi) is 4.76. The van der Waals surface area contributed by atoms with Crippen molar-refractivity contribution < 1.29 is 18.0 Å². The monoisotopic (exact) mass is 415 g/mol. The Balaban J connectivity index is 1.79. The summed E-state index contributed by atoms with van der Waals surface area (Å²) in [5.41, 5.74) is 0.522. The molecule has 4 rings (SSSR count). The van der Waals surface area contributed by atoms with Crippen LogP contribution in [0, 0.1) is 0 Å². The Morgan fingerprint density at radius 1 is 1.00 bits per heavy atom.